The molecule has 1 aliphatic rings. The Morgan fingerprint density at radius 3 is 2.67 bits per heavy atom. The predicted molar refractivity (Wildman–Crippen MR) is 98.1 cm³/mol. The molecule has 0 N–H and O–H groups in total. The van der Waals surface area contributed by atoms with Crippen LogP contribution in [0, 0.1) is 18.3 Å². The first kappa shape index (κ1) is 16.6. The van der Waals surface area contributed by atoms with Gasteiger partial charge in [-0.2, -0.15) is 5.26 Å². The minimum atomic E-state index is 0.494. The third kappa shape index (κ3) is 3.32. The van der Waals surface area contributed by atoms with E-state index < -0.39 is 0 Å². The van der Waals surface area contributed by atoms with Gasteiger partial charge in [0, 0.05) is 50.6 Å². The van der Waals surface area contributed by atoms with Gasteiger partial charge in [-0.1, -0.05) is 18.2 Å². The lowest BCUT2D eigenvalue weighted by atomic mass is 10.1. The van der Waals surface area contributed by atoms with Crippen LogP contribution in [0.3, 0.4) is 0 Å². The van der Waals surface area contributed by atoms with Crippen molar-refractivity contribution in [2.24, 2.45) is 0 Å². The fraction of sp³-hybridized carbons (Fsp3) is 0.450. The molecule has 0 bridgehead atoms. The van der Waals surface area contributed by atoms with Crippen molar-refractivity contribution < 1.29 is 0 Å². The highest BCUT2D eigenvalue weighted by Gasteiger charge is 2.25. The summed E-state index contributed by atoms with van der Waals surface area (Å²) < 4.78 is 2.03. The molecule has 0 saturated carbocycles. The number of aryl methyl sites for hydroxylation is 2. The summed E-state index contributed by atoms with van der Waals surface area (Å²) >= 11 is 0. The van der Waals surface area contributed by atoms with Crippen LogP contribution in [0.1, 0.15) is 30.7 Å². The van der Waals surface area contributed by atoms with Crippen LogP contribution in [0.15, 0.2) is 36.5 Å². The van der Waals surface area contributed by atoms with Crippen LogP contribution >= 0.6 is 0 Å². The number of hydrogen-bond donors (Lipinski definition) is 0. The summed E-state index contributed by atoms with van der Waals surface area (Å²) in [6.45, 7) is 11.5. The highest BCUT2D eigenvalue weighted by Crippen LogP contribution is 2.24. The Morgan fingerprint density at radius 1 is 1.25 bits per heavy atom. The lowest BCUT2D eigenvalue weighted by Crippen LogP contribution is -2.51. The second-order valence-electron chi connectivity index (χ2n) is 6.68. The van der Waals surface area contributed by atoms with Gasteiger partial charge in [-0.05, 0) is 44.0 Å². The zero-order valence-corrected chi connectivity index (χ0v) is 14.9. The molecule has 2 heterocycles. The quantitative estimate of drug-likeness (QED) is 0.865. The molecule has 4 nitrogen and oxygen atoms in total. The van der Waals surface area contributed by atoms with Crippen LogP contribution < -0.4 is 4.90 Å². The van der Waals surface area contributed by atoms with Gasteiger partial charge >= 0.3 is 0 Å². The first-order chi connectivity index (χ1) is 11.6. The number of para-hydroxylation sites is 1. The van der Waals surface area contributed by atoms with Gasteiger partial charge in [0.1, 0.15) is 11.8 Å². The third-order valence-corrected chi connectivity index (χ3v) is 5.02. The summed E-state index contributed by atoms with van der Waals surface area (Å²) in [5.74, 6) is 0. The standard InChI is InChI=1S/C20H26N4/c1-4-22-14-18(11-19(22)12-21)15-23-9-10-24(13-17(23)3)20-8-6-5-7-16(20)2/h5-8,11,14,17H,4,9-10,13,15H2,1-3H3/t17-/m1/s1. The van der Waals surface area contributed by atoms with Crippen LogP contribution in [0.2, 0.25) is 0 Å². The Balaban J connectivity index is 1.67. The van der Waals surface area contributed by atoms with Gasteiger partial charge in [0.2, 0.25) is 0 Å². The molecule has 126 valence electrons. The highest BCUT2D eigenvalue weighted by atomic mass is 15.3. The molecule has 0 aliphatic carbocycles. The fourth-order valence-corrected chi connectivity index (χ4v) is 3.61. The Bertz CT molecular complexity index is 740. The summed E-state index contributed by atoms with van der Waals surface area (Å²) in [7, 11) is 0. The van der Waals surface area contributed by atoms with E-state index in [0.29, 0.717) is 6.04 Å². The van der Waals surface area contributed by atoms with E-state index in [0.717, 1.165) is 38.4 Å². The van der Waals surface area contributed by atoms with Crippen molar-refractivity contribution in [3.8, 4) is 6.07 Å². The van der Waals surface area contributed by atoms with Crippen molar-refractivity contribution in [2.45, 2.75) is 39.9 Å². The van der Waals surface area contributed by atoms with Crippen molar-refractivity contribution in [1.82, 2.24) is 9.47 Å². The van der Waals surface area contributed by atoms with Crippen molar-refractivity contribution in [2.75, 3.05) is 24.5 Å². The number of piperazine rings is 1. The highest BCUT2D eigenvalue weighted by molar-refractivity contribution is 5.53. The lowest BCUT2D eigenvalue weighted by Gasteiger charge is -2.41. The first-order valence-corrected chi connectivity index (χ1v) is 8.76. The number of benzene rings is 1. The summed E-state index contributed by atoms with van der Waals surface area (Å²) in [6.07, 6.45) is 2.12. The van der Waals surface area contributed by atoms with Crippen LogP contribution in [0.5, 0.6) is 0 Å². The minimum absolute atomic E-state index is 0.494. The molecule has 0 unspecified atom stereocenters. The van der Waals surface area contributed by atoms with E-state index in [9.17, 15) is 5.26 Å². The first-order valence-electron chi connectivity index (χ1n) is 8.76. The zero-order chi connectivity index (χ0) is 17.1. The van der Waals surface area contributed by atoms with E-state index in [1.54, 1.807) is 0 Å². The molecule has 1 aromatic heterocycles. The maximum absolute atomic E-state index is 9.22. The van der Waals surface area contributed by atoms with E-state index in [1.165, 1.54) is 16.8 Å². The molecule has 1 atom stereocenters. The van der Waals surface area contributed by atoms with Crippen molar-refractivity contribution >= 4 is 5.69 Å². The van der Waals surface area contributed by atoms with Crippen molar-refractivity contribution in [3.63, 3.8) is 0 Å². The monoisotopic (exact) mass is 322 g/mol. The number of nitriles is 1. The second-order valence-corrected chi connectivity index (χ2v) is 6.68. The molecule has 0 spiro atoms. The summed E-state index contributed by atoms with van der Waals surface area (Å²) in [5.41, 5.74) is 4.70. The Hall–Kier alpha value is -2.25. The summed E-state index contributed by atoms with van der Waals surface area (Å²) in [4.78, 5) is 5.01. The predicted octanol–water partition coefficient (Wildman–Crippen LogP) is 3.40. The maximum Gasteiger partial charge on any atom is 0.120 e. The van der Waals surface area contributed by atoms with E-state index in [2.05, 4.69) is 67.1 Å². The Labute approximate surface area is 144 Å². The van der Waals surface area contributed by atoms with Crippen LogP contribution in [0.4, 0.5) is 5.69 Å². The summed E-state index contributed by atoms with van der Waals surface area (Å²) in [5, 5.41) is 9.22. The number of aromatic nitrogens is 1. The molecule has 2 aromatic rings. The molecule has 1 fully saturated rings. The van der Waals surface area contributed by atoms with E-state index in [1.807, 2.05) is 10.6 Å². The van der Waals surface area contributed by atoms with Crippen LogP contribution in [0.25, 0.3) is 0 Å². The topological polar surface area (TPSA) is 35.2 Å². The number of rotatable bonds is 4. The lowest BCUT2D eigenvalue weighted by molar-refractivity contribution is 0.181. The molecule has 1 aliphatic heterocycles. The van der Waals surface area contributed by atoms with Gasteiger partial charge in [-0.3, -0.25) is 4.90 Å². The average molecular weight is 322 g/mol. The van der Waals surface area contributed by atoms with E-state index in [4.69, 9.17) is 0 Å². The smallest absolute Gasteiger partial charge is 0.120 e. The minimum Gasteiger partial charge on any atom is -0.368 e. The van der Waals surface area contributed by atoms with E-state index in [-0.39, 0.29) is 0 Å². The largest absolute Gasteiger partial charge is 0.368 e. The van der Waals surface area contributed by atoms with Crippen molar-refractivity contribution in [3.05, 3.63) is 53.3 Å². The number of anilines is 1. The van der Waals surface area contributed by atoms with Gasteiger partial charge in [-0.15, -0.1) is 0 Å². The molecule has 4 heteroatoms. The molecular formula is C20H26N4. The maximum atomic E-state index is 9.22. The van der Waals surface area contributed by atoms with Crippen LogP contribution in [-0.2, 0) is 13.1 Å². The fourth-order valence-electron chi connectivity index (χ4n) is 3.61. The summed E-state index contributed by atoms with van der Waals surface area (Å²) in [6, 6.07) is 13.4. The van der Waals surface area contributed by atoms with Gasteiger partial charge in [0.15, 0.2) is 0 Å². The molecule has 24 heavy (non-hydrogen) atoms. The van der Waals surface area contributed by atoms with Gasteiger partial charge in [-0.25, -0.2) is 0 Å². The number of nitrogens with zero attached hydrogens (tertiary/aromatic N) is 4. The van der Waals surface area contributed by atoms with Gasteiger partial charge in [0.05, 0.1) is 0 Å². The molecular weight excluding hydrogens is 296 g/mol. The Kier molecular flexibility index (Phi) is 4.92. The normalized spacial score (nSPS) is 18.6. The van der Waals surface area contributed by atoms with Crippen molar-refractivity contribution in [1.29, 1.82) is 5.26 Å². The molecule has 1 aromatic carbocycles. The SMILES string of the molecule is CCn1cc(CN2CCN(c3ccccc3C)C[C@H]2C)cc1C#N. The third-order valence-electron chi connectivity index (χ3n) is 5.02. The van der Waals surface area contributed by atoms with Gasteiger partial charge < -0.3 is 9.47 Å². The second kappa shape index (κ2) is 7.11. The zero-order valence-electron chi connectivity index (χ0n) is 14.9. The average Bonchev–Trinajstić information content (AvgIpc) is 2.99. The number of hydrogen-bond acceptors (Lipinski definition) is 3. The van der Waals surface area contributed by atoms with Gasteiger partial charge in [0.25, 0.3) is 0 Å². The van der Waals surface area contributed by atoms with E-state index >= 15 is 0 Å². The molecule has 1 saturated heterocycles. The molecule has 0 radical (unpaired) electrons. The van der Waals surface area contributed by atoms with Crippen LogP contribution in [-0.4, -0.2) is 35.1 Å². The molecule has 3 rings (SSSR count). The Morgan fingerprint density at radius 2 is 2.04 bits per heavy atom. The molecule has 0 amide bonds.